The van der Waals surface area contributed by atoms with Gasteiger partial charge in [0.1, 0.15) is 5.02 Å². The van der Waals surface area contributed by atoms with Gasteiger partial charge in [-0.25, -0.2) is 13.2 Å². The number of carboxylic acid groups (broad SMARTS) is 1. The summed E-state index contributed by atoms with van der Waals surface area (Å²) in [7, 11) is 0. The standard InChI is InChI=1S/C7H2ClF3O2/c8-4-5(10)2(7(12)13)1-3(9)6(4)11/h1H,(H,12,13)/p-1. The van der Waals surface area contributed by atoms with Crippen molar-refractivity contribution in [1.82, 2.24) is 0 Å². The summed E-state index contributed by atoms with van der Waals surface area (Å²) in [6, 6.07) is 0.172. The minimum absolute atomic E-state index is 0.172. The number of carboxylic acids is 1. The molecule has 0 bridgehead atoms. The van der Waals surface area contributed by atoms with Crippen molar-refractivity contribution in [3.63, 3.8) is 0 Å². The molecule has 0 unspecified atom stereocenters. The molecule has 6 heteroatoms. The van der Waals surface area contributed by atoms with Gasteiger partial charge < -0.3 is 9.90 Å². The number of rotatable bonds is 1. The molecule has 0 aliphatic rings. The van der Waals surface area contributed by atoms with E-state index in [1.54, 1.807) is 0 Å². The van der Waals surface area contributed by atoms with Crippen molar-refractivity contribution in [3.05, 3.63) is 34.1 Å². The monoisotopic (exact) mass is 209 g/mol. The molecule has 0 amide bonds. The Morgan fingerprint density at radius 3 is 2.31 bits per heavy atom. The molecule has 1 aromatic carbocycles. The van der Waals surface area contributed by atoms with Crippen molar-refractivity contribution in [3.8, 4) is 0 Å². The largest absolute Gasteiger partial charge is 0.545 e. The molecule has 0 spiro atoms. The van der Waals surface area contributed by atoms with Crippen molar-refractivity contribution in [2.75, 3.05) is 0 Å². The summed E-state index contributed by atoms with van der Waals surface area (Å²) in [6.07, 6.45) is 0. The van der Waals surface area contributed by atoms with Crippen LogP contribution in [-0.2, 0) is 0 Å². The van der Waals surface area contributed by atoms with Crippen LogP contribution in [0.15, 0.2) is 6.07 Å². The normalized spacial score (nSPS) is 10.2. The third kappa shape index (κ3) is 1.60. The molecule has 0 aromatic heterocycles. The molecule has 70 valence electrons. The molecular formula is C7HClF3O2-. The summed E-state index contributed by atoms with van der Waals surface area (Å²) in [5.41, 5.74) is -1.11. The van der Waals surface area contributed by atoms with Gasteiger partial charge in [0, 0.05) is 5.56 Å². The first-order valence-corrected chi connectivity index (χ1v) is 3.37. The van der Waals surface area contributed by atoms with Crippen molar-refractivity contribution in [2.45, 2.75) is 0 Å². The van der Waals surface area contributed by atoms with Gasteiger partial charge in [-0.05, 0) is 6.07 Å². The molecule has 0 N–H and O–H groups in total. The lowest BCUT2D eigenvalue weighted by molar-refractivity contribution is -0.255. The third-order valence-corrected chi connectivity index (χ3v) is 1.65. The van der Waals surface area contributed by atoms with Crippen LogP contribution in [0.25, 0.3) is 0 Å². The maximum atomic E-state index is 12.7. The minimum Gasteiger partial charge on any atom is -0.545 e. The fraction of sp³-hybridized carbons (Fsp3) is 0. The summed E-state index contributed by atoms with van der Waals surface area (Å²) in [6.45, 7) is 0. The highest BCUT2D eigenvalue weighted by Crippen LogP contribution is 2.24. The summed E-state index contributed by atoms with van der Waals surface area (Å²) in [4.78, 5) is 10.1. The van der Waals surface area contributed by atoms with Crippen LogP contribution in [0.2, 0.25) is 5.02 Å². The van der Waals surface area contributed by atoms with E-state index in [0.717, 1.165) is 0 Å². The Hall–Kier alpha value is -1.23. The maximum absolute atomic E-state index is 12.7. The minimum atomic E-state index is -1.96. The average Bonchev–Trinajstić information content (AvgIpc) is 2.07. The average molecular weight is 210 g/mol. The molecule has 0 saturated carbocycles. The Balaban J connectivity index is 3.50. The Morgan fingerprint density at radius 2 is 1.85 bits per heavy atom. The van der Waals surface area contributed by atoms with Crippen LogP contribution in [0.4, 0.5) is 13.2 Å². The van der Waals surface area contributed by atoms with Crippen LogP contribution in [0.3, 0.4) is 0 Å². The summed E-state index contributed by atoms with van der Waals surface area (Å²) in [5.74, 6) is -6.66. The number of carbonyl (C=O) groups excluding carboxylic acids is 1. The van der Waals surface area contributed by atoms with Crippen LogP contribution < -0.4 is 5.11 Å². The highest BCUT2D eigenvalue weighted by atomic mass is 35.5. The molecule has 0 heterocycles. The van der Waals surface area contributed by atoms with Crippen LogP contribution in [0.1, 0.15) is 10.4 Å². The van der Waals surface area contributed by atoms with E-state index >= 15 is 0 Å². The predicted molar refractivity (Wildman–Crippen MR) is 35.7 cm³/mol. The van der Waals surface area contributed by atoms with Gasteiger partial charge in [-0.2, -0.15) is 0 Å². The van der Waals surface area contributed by atoms with Crippen LogP contribution in [-0.4, -0.2) is 5.97 Å². The van der Waals surface area contributed by atoms with Crippen molar-refractivity contribution in [2.24, 2.45) is 0 Å². The SMILES string of the molecule is O=C([O-])c1cc(F)c(F)c(Cl)c1F. The topological polar surface area (TPSA) is 40.1 Å². The molecule has 1 rings (SSSR count). The van der Waals surface area contributed by atoms with Gasteiger partial charge in [-0.3, -0.25) is 0 Å². The lowest BCUT2D eigenvalue weighted by atomic mass is 10.2. The highest BCUT2D eigenvalue weighted by molar-refractivity contribution is 6.31. The molecular weight excluding hydrogens is 209 g/mol. The molecule has 1 aromatic rings. The van der Waals surface area contributed by atoms with E-state index in [1.165, 1.54) is 0 Å². The molecule has 2 nitrogen and oxygen atoms in total. The molecule has 0 fully saturated rings. The quantitative estimate of drug-likeness (QED) is 0.514. The van der Waals surface area contributed by atoms with Gasteiger partial charge in [0.15, 0.2) is 17.5 Å². The Bertz CT molecular complexity index is 378. The van der Waals surface area contributed by atoms with E-state index in [1.807, 2.05) is 0 Å². The Kier molecular flexibility index (Phi) is 2.47. The first kappa shape index (κ1) is 9.85. The number of hydrogen-bond donors (Lipinski definition) is 0. The smallest absolute Gasteiger partial charge is 0.180 e. The van der Waals surface area contributed by atoms with E-state index in [2.05, 4.69) is 0 Å². The highest BCUT2D eigenvalue weighted by Gasteiger charge is 2.17. The number of halogens is 4. The summed E-state index contributed by atoms with van der Waals surface area (Å²) >= 11 is 4.95. The number of benzene rings is 1. The maximum Gasteiger partial charge on any atom is 0.180 e. The second kappa shape index (κ2) is 3.26. The summed E-state index contributed by atoms with van der Waals surface area (Å²) < 4.78 is 37.7. The van der Waals surface area contributed by atoms with E-state index in [-0.39, 0.29) is 6.07 Å². The van der Waals surface area contributed by atoms with E-state index < -0.39 is 34.0 Å². The fourth-order valence-corrected chi connectivity index (χ4v) is 0.913. The number of hydrogen-bond acceptors (Lipinski definition) is 2. The number of carbonyl (C=O) groups is 1. The van der Waals surface area contributed by atoms with Crippen molar-refractivity contribution in [1.29, 1.82) is 0 Å². The van der Waals surface area contributed by atoms with E-state index in [0.29, 0.717) is 0 Å². The van der Waals surface area contributed by atoms with E-state index in [4.69, 9.17) is 11.6 Å². The van der Waals surface area contributed by atoms with E-state index in [9.17, 15) is 23.1 Å². The fourth-order valence-electron chi connectivity index (χ4n) is 0.721. The van der Waals surface area contributed by atoms with Gasteiger partial charge in [-0.1, -0.05) is 11.6 Å². The van der Waals surface area contributed by atoms with Crippen LogP contribution in [0, 0.1) is 17.5 Å². The first-order chi connectivity index (χ1) is 5.95. The van der Waals surface area contributed by atoms with Gasteiger partial charge >= 0.3 is 0 Å². The molecule has 0 radical (unpaired) electrons. The first-order valence-electron chi connectivity index (χ1n) is 2.99. The Morgan fingerprint density at radius 1 is 1.31 bits per heavy atom. The zero-order valence-corrected chi connectivity index (χ0v) is 6.66. The molecule has 13 heavy (non-hydrogen) atoms. The van der Waals surface area contributed by atoms with Gasteiger partial charge in [0.2, 0.25) is 0 Å². The molecule has 0 saturated heterocycles. The van der Waals surface area contributed by atoms with Gasteiger partial charge in [0.25, 0.3) is 0 Å². The zero-order valence-electron chi connectivity index (χ0n) is 5.91. The summed E-state index contributed by atoms with van der Waals surface area (Å²) in [5, 5.41) is 8.94. The molecule has 0 atom stereocenters. The third-order valence-electron chi connectivity index (χ3n) is 1.32. The second-order valence-electron chi connectivity index (χ2n) is 2.14. The lowest BCUT2D eigenvalue weighted by Crippen LogP contribution is -2.24. The molecule has 0 aliphatic heterocycles. The molecule has 0 aliphatic carbocycles. The van der Waals surface area contributed by atoms with Crippen LogP contribution >= 0.6 is 11.6 Å². The van der Waals surface area contributed by atoms with Crippen molar-refractivity contribution >= 4 is 17.6 Å². The zero-order chi connectivity index (χ0) is 10.2. The van der Waals surface area contributed by atoms with Gasteiger partial charge in [-0.15, -0.1) is 0 Å². The Labute approximate surface area is 75.6 Å². The predicted octanol–water partition coefficient (Wildman–Crippen LogP) is 1.12. The lowest BCUT2D eigenvalue weighted by Gasteiger charge is -2.06. The number of aromatic carboxylic acids is 1. The van der Waals surface area contributed by atoms with Gasteiger partial charge in [0.05, 0.1) is 5.97 Å². The second-order valence-corrected chi connectivity index (χ2v) is 2.51. The van der Waals surface area contributed by atoms with Crippen LogP contribution in [0.5, 0.6) is 0 Å². The van der Waals surface area contributed by atoms with Crippen molar-refractivity contribution < 1.29 is 23.1 Å².